The normalized spacial score (nSPS) is 19.5. The van der Waals surface area contributed by atoms with Crippen LogP contribution in [0.1, 0.15) is 28.7 Å². The molecule has 0 saturated carbocycles. The molecule has 7 rings (SSSR count). The van der Waals surface area contributed by atoms with E-state index in [2.05, 4.69) is 21.3 Å². The summed E-state index contributed by atoms with van der Waals surface area (Å²) in [6.07, 6.45) is 0.753. The van der Waals surface area contributed by atoms with Crippen LogP contribution in [0, 0.1) is 0 Å². The Kier molecular flexibility index (Phi) is 13.2. The molecule has 0 aliphatic carbocycles. The number of amides is 4. The molecule has 5 aromatic carbocycles. The lowest BCUT2D eigenvalue weighted by atomic mass is 9.98. The number of carbonyl (C=O) groups excluding carboxylic acids is 4. The summed E-state index contributed by atoms with van der Waals surface area (Å²) in [5, 5.41) is 21.2. The van der Waals surface area contributed by atoms with Crippen molar-refractivity contribution >= 4 is 29.6 Å². The lowest BCUT2D eigenvalue weighted by Gasteiger charge is -2.26. The molecule has 5 aromatic rings. The number of hydrogen-bond acceptors (Lipinski definition) is 6. The topological polar surface area (TPSA) is 163 Å². The molecule has 11 heteroatoms. The Morgan fingerprint density at radius 2 is 1.05 bits per heavy atom. The van der Waals surface area contributed by atoms with Gasteiger partial charge in [-0.3, -0.25) is 19.2 Å². The number of rotatable bonds is 9. The van der Waals surface area contributed by atoms with Crippen molar-refractivity contribution < 1.29 is 33.8 Å². The second-order valence-corrected chi connectivity index (χ2v) is 13.8. The predicted octanol–water partition coefficient (Wildman–Crippen LogP) is 4.43. The minimum absolute atomic E-state index is 0.0470. The van der Waals surface area contributed by atoms with Gasteiger partial charge in [-0.2, -0.15) is 0 Å². The lowest BCUT2D eigenvalue weighted by Crippen LogP contribution is -2.59. The molecule has 2 bridgehead atoms. The van der Waals surface area contributed by atoms with E-state index in [1.54, 1.807) is 48.5 Å². The SMILES string of the molecule is O=C1COc2ccc(cc2)C[C@H](C(=O)O)NC(=O)[C@@H](Cc2ccccc2)NC(=O)[C@H](Cc2ccc(-c3ccccc3)cc2)NC(=O)[C@@H](CCc2ccccc2)N1. The second-order valence-electron chi connectivity index (χ2n) is 13.8. The highest BCUT2D eigenvalue weighted by atomic mass is 16.5. The Balaban J connectivity index is 1.33. The smallest absolute Gasteiger partial charge is 0.326 e. The van der Waals surface area contributed by atoms with Gasteiger partial charge in [0.05, 0.1) is 0 Å². The molecule has 56 heavy (non-hydrogen) atoms. The summed E-state index contributed by atoms with van der Waals surface area (Å²) in [5.41, 5.74) is 5.02. The zero-order valence-corrected chi connectivity index (χ0v) is 30.7. The average molecular weight is 753 g/mol. The summed E-state index contributed by atoms with van der Waals surface area (Å²) in [4.78, 5) is 68.1. The van der Waals surface area contributed by atoms with Crippen LogP contribution >= 0.6 is 0 Å². The first-order valence-corrected chi connectivity index (χ1v) is 18.6. The predicted molar refractivity (Wildman–Crippen MR) is 211 cm³/mol. The molecule has 4 amide bonds. The fraction of sp³-hybridized carbons (Fsp3) is 0.222. The van der Waals surface area contributed by atoms with Gasteiger partial charge in [0, 0.05) is 19.3 Å². The number of hydrogen-bond donors (Lipinski definition) is 5. The largest absolute Gasteiger partial charge is 0.484 e. The van der Waals surface area contributed by atoms with Gasteiger partial charge in [0.25, 0.3) is 5.91 Å². The summed E-state index contributed by atoms with van der Waals surface area (Å²) in [5.74, 6) is -3.37. The molecule has 5 N–H and O–H groups in total. The van der Waals surface area contributed by atoms with E-state index < -0.39 is 53.8 Å². The van der Waals surface area contributed by atoms with Crippen LogP contribution in [0.4, 0.5) is 0 Å². The van der Waals surface area contributed by atoms with E-state index >= 15 is 0 Å². The molecule has 0 radical (unpaired) electrons. The van der Waals surface area contributed by atoms with Crippen LogP contribution in [-0.4, -0.2) is 65.5 Å². The Morgan fingerprint density at radius 1 is 0.554 bits per heavy atom. The molecule has 0 saturated heterocycles. The molecule has 2 aliphatic heterocycles. The van der Waals surface area contributed by atoms with Crippen LogP contribution in [-0.2, 0) is 49.7 Å². The minimum atomic E-state index is -1.32. The van der Waals surface area contributed by atoms with Crippen molar-refractivity contribution in [2.45, 2.75) is 56.3 Å². The number of carbonyl (C=O) groups is 5. The van der Waals surface area contributed by atoms with Gasteiger partial charge in [0.15, 0.2) is 6.61 Å². The molecule has 0 unspecified atom stereocenters. The molecule has 4 atom stereocenters. The first-order chi connectivity index (χ1) is 27.2. The molecule has 11 nitrogen and oxygen atoms in total. The number of nitrogens with one attached hydrogen (secondary N) is 4. The summed E-state index contributed by atoms with van der Waals surface area (Å²) < 4.78 is 5.71. The number of ether oxygens (including phenoxy) is 1. The van der Waals surface area contributed by atoms with Crippen molar-refractivity contribution in [1.29, 1.82) is 0 Å². The maximum absolute atomic E-state index is 14.4. The molecule has 0 fully saturated rings. The molecule has 2 heterocycles. The van der Waals surface area contributed by atoms with Crippen molar-refractivity contribution in [3.05, 3.63) is 162 Å². The van der Waals surface area contributed by atoms with Crippen LogP contribution in [0.3, 0.4) is 0 Å². The van der Waals surface area contributed by atoms with E-state index in [4.69, 9.17) is 4.74 Å². The molecule has 286 valence electrons. The summed E-state index contributed by atoms with van der Waals surface area (Å²) in [6.45, 7) is -0.388. The third-order valence-corrected chi connectivity index (χ3v) is 9.61. The Morgan fingerprint density at radius 3 is 1.64 bits per heavy atom. The number of fused-ring (bicyclic) bond motifs is 16. The molecular formula is C45H44N4O7. The number of aryl methyl sites for hydroxylation is 1. The van der Waals surface area contributed by atoms with E-state index in [0.29, 0.717) is 17.7 Å². The quantitative estimate of drug-likeness (QED) is 0.139. The Bertz CT molecular complexity index is 2090. The fourth-order valence-corrected chi connectivity index (χ4v) is 6.55. The maximum atomic E-state index is 14.4. The zero-order valence-electron chi connectivity index (χ0n) is 30.7. The van der Waals surface area contributed by atoms with Crippen LogP contribution in [0.2, 0.25) is 0 Å². The highest BCUT2D eigenvalue weighted by Gasteiger charge is 2.32. The van der Waals surface area contributed by atoms with Gasteiger partial charge < -0.3 is 31.1 Å². The van der Waals surface area contributed by atoms with Crippen LogP contribution < -0.4 is 26.0 Å². The number of aliphatic carboxylic acids is 1. The zero-order chi connectivity index (χ0) is 39.3. The van der Waals surface area contributed by atoms with Crippen molar-refractivity contribution in [2.75, 3.05) is 6.61 Å². The highest BCUT2D eigenvalue weighted by molar-refractivity contribution is 5.95. The number of carboxylic acid groups (broad SMARTS) is 1. The van der Waals surface area contributed by atoms with E-state index in [1.165, 1.54) is 0 Å². The molecule has 2 aliphatic rings. The van der Waals surface area contributed by atoms with Gasteiger partial charge in [-0.25, -0.2) is 4.79 Å². The van der Waals surface area contributed by atoms with Gasteiger partial charge in [-0.1, -0.05) is 127 Å². The summed E-state index contributed by atoms with van der Waals surface area (Å²) in [7, 11) is 0. The second kappa shape index (κ2) is 19.0. The van der Waals surface area contributed by atoms with E-state index in [9.17, 15) is 29.1 Å². The van der Waals surface area contributed by atoms with Crippen molar-refractivity contribution in [1.82, 2.24) is 21.3 Å². The summed E-state index contributed by atoms with van der Waals surface area (Å²) in [6, 6.07) is 37.8. The van der Waals surface area contributed by atoms with Crippen molar-refractivity contribution in [3.8, 4) is 16.9 Å². The fourth-order valence-electron chi connectivity index (χ4n) is 6.55. The average Bonchev–Trinajstić information content (AvgIpc) is 3.22. The minimum Gasteiger partial charge on any atom is -0.484 e. The van der Waals surface area contributed by atoms with Crippen molar-refractivity contribution in [3.63, 3.8) is 0 Å². The maximum Gasteiger partial charge on any atom is 0.326 e. The lowest BCUT2D eigenvalue weighted by molar-refractivity contribution is -0.142. The Hall–Kier alpha value is -6.75. The molecular weight excluding hydrogens is 709 g/mol. The van der Waals surface area contributed by atoms with Gasteiger partial charge >= 0.3 is 5.97 Å². The Labute approximate surface area is 325 Å². The first kappa shape index (κ1) is 39.0. The van der Waals surface area contributed by atoms with E-state index in [0.717, 1.165) is 27.8 Å². The van der Waals surface area contributed by atoms with Gasteiger partial charge in [-0.15, -0.1) is 0 Å². The van der Waals surface area contributed by atoms with Gasteiger partial charge in [-0.05, 0) is 58.4 Å². The van der Waals surface area contributed by atoms with Gasteiger partial charge in [0.1, 0.15) is 29.9 Å². The number of benzene rings is 5. The van der Waals surface area contributed by atoms with E-state index in [1.807, 2.05) is 91.0 Å². The summed E-state index contributed by atoms with van der Waals surface area (Å²) >= 11 is 0. The third kappa shape index (κ3) is 11.1. The highest BCUT2D eigenvalue weighted by Crippen LogP contribution is 2.20. The van der Waals surface area contributed by atoms with Gasteiger partial charge in [0.2, 0.25) is 17.7 Å². The molecule has 0 aromatic heterocycles. The first-order valence-electron chi connectivity index (χ1n) is 18.6. The van der Waals surface area contributed by atoms with Crippen LogP contribution in [0.15, 0.2) is 140 Å². The third-order valence-electron chi connectivity index (χ3n) is 9.61. The molecule has 0 spiro atoms. The van der Waals surface area contributed by atoms with Crippen LogP contribution in [0.5, 0.6) is 5.75 Å². The van der Waals surface area contributed by atoms with Crippen LogP contribution in [0.25, 0.3) is 11.1 Å². The standard InChI is InChI=1S/C45H44N4O7/c50-41-29-56-36-23-18-33(19-24-36)28-40(45(54)55)49-44(53)38(26-31-12-6-2-7-13-31)48-43(52)39(27-32-16-21-35(22-17-32)34-14-8-3-9-15-34)47-42(51)37(46-41)25-20-30-10-4-1-5-11-30/h1-19,21-24,37-40H,20,25-29H2,(H,46,50)(H,47,51)(H,48,52)(H,49,53)(H,54,55)/t37-,38-,39+,40-/m1/s1. The number of carboxylic acids is 1. The monoisotopic (exact) mass is 752 g/mol. The van der Waals surface area contributed by atoms with Crippen molar-refractivity contribution in [2.24, 2.45) is 0 Å². The van der Waals surface area contributed by atoms with E-state index in [-0.39, 0.29) is 32.3 Å².